The van der Waals surface area contributed by atoms with Crippen LogP contribution in [0.15, 0.2) is 42.5 Å². The third kappa shape index (κ3) is 4.95. The van der Waals surface area contributed by atoms with E-state index < -0.39 is 0 Å². The summed E-state index contributed by atoms with van der Waals surface area (Å²) in [7, 11) is 4.79. The Morgan fingerprint density at radius 1 is 1.08 bits per heavy atom. The van der Waals surface area contributed by atoms with Gasteiger partial charge in [0.15, 0.2) is 0 Å². The Bertz CT molecular complexity index is 1340. The van der Waals surface area contributed by atoms with E-state index in [0.29, 0.717) is 45.5 Å². The lowest BCUT2D eigenvalue weighted by atomic mass is 10.0. The van der Waals surface area contributed by atoms with Gasteiger partial charge in [0.05, 0.1) is 28.8 Å². The summed E-state index contributed by atoms with van der Waals surface area (Å²) in [5.41, 5.74) is 3.10. The molecule has 0 saturated heterocycles. The molecule has 1 aromatic heterocycles. The largest absolute Gasteiger partial charge is 0.493 e. The van der Waals surface area contributed by atoms with Gasteiger partial charge in [-0.05, 0) is 48.0 Å². The number of hydrogen-bond donors (Lipinski definition) is 2. The SMILES string of the molecule is CNC(=O)c1ccc2c(c1)OCCc1cc(C(=O)N(C)c3cc(C(=O)N(C)CCO)ccc3Cl)sc1-2. The number of hydrogen-bond acceptors (Lipinski definition) is 6. The number of halogens is 1. The third-order valence-electron chi connectivity index (χ3n) is 6.01. The Morgan fingerprint density at radius 2 is 1.83 bits per heavy atom. The van der Waals surface area contributed by atoms with Crippen LogP contribution in [0.1, 0.15) is 36.0 Å². The number of amides is 3. The summed E-state index contributed by atoms with van der Waals surface area (Å²) in [6.07, 6.45) is 0.620. The van der Waals surface area contributed by atoms with E-state index in [1.165, 1.54) is 21.1 Å². The molecule has 3 aromatic rings. The fourth-order valence-corrected chi connectivity index (χ4v) is 5.44. The molecular formula is C26H26ClN3O5S. The van der Waals surface area contributed by atoms with Gasteiger partial charge in [0, 0.05) is 55.7 Å². The minimum atomic E-state index is -0.279. The number of carbonyl (C=O) groups is 3. The Kier molecular flexibility index (Phi) is 7.63. The van der Waals surface area contributed by atoms with E-state index in [4.69, 9.17) is 21.4 Å². The molecule has 0 spiro atoms. The number of ether oxygens (including phenoxy) is 1. The van der Waals surface area contributed by atoms with Gasteiger partial charge in [-0.3, -0.25) is 14.4 Å². The normalized spacial score (nSPS) is 12.0. The lowest BCUT2D eigenvalue weighted by Gasteiger charge is -2.20. The van der Waals surface area contributed by atoms with Crippen LogP contribution >= 0.6 is 22.9 Å². The highest BCUT2D eigenvalue weighted by atomic mass is 35.5. The van der Waals surface area contributed by atoms with Crippen molar-refractivity contribution in [2.45, 2.75) is 6.42 Å². The van der Waals surface area contributed by atoms with Crippen LogP contribution in [0.2, 0.25) is 5.02 Å². The second kappa shape index (κ2) is 10.7. The first-order chi connectivity index (χ1) is 17.2. The van der Waals surface area contributed by atoms with Gasteiger partial charge in [-0.1, -0.05) is 11.6 Å². The summed E-state index contributed by atoms with van der Waals surface area (Å²) in [4.78, 5) is 42.5. The molecule has 0 radical (unpaired) electrons. The van der Waals surface area contributed by atoms with Crippen LogP contribution in [0, 0.1) is 0 Å². The molecule has 0 saturated carbocycles. The fraction of sp³-hybridized carbons (Fsp3) is 0.269. The maximum Gasteiger partial charge on any atom is 0.268 e. The number of aliphatic hydroxyl groups excluding tert-OH is 1. The van der Waals surface area contributed by atoms with Crippen LogP contribution in [-0.4, -0.2) is 68.6 Å². The van der Waals surface area contributed by atoms with E-state index in [1.54, 1.807) is 51.5 Å². The number of rotatable bonds is 6. The van der Waals surface area contributed by atoms with Crippen LogP contribution in [0.5, 0.6) is 5.75 Å². The number of aliphatic hydroxyl groups is 1. The summed E-state index contributed by atoms with van der Waals surface area (Å²) in [6, 6.07) is 11.9. The first-order valence-electron chi connectivity index (χ1n) is 11.3. The molecule has 3 amide bonds. The Labute approximate surface area is 218 Å². The van der Waals surface area contributed by atoms with Crippen LogP contribution < -0.4 is 15.0 Å². The molecular weight excluding hydrogens is 502 g/mol. The maximum atomic E-state index is 13.5. The predicted molar refractivity (Wildman–Crippen MR) is 141 cm³/mol. The molecule has 0 aliphatic carbocycles. The third-order valence-corrected chi connectivity index (χ3v) is 7.52. The van der Waals surface area contributed by atoms with E-state index in [1.807, 2.05) is 12.1 Å². The molecule has 36 heavy (non-hydrogen) atoms. The molecule has 0 fully saturated rings. The summed E-state index contributed by atoms with van der Waals surface area (Å²) in [5, 5.41) is 12.1. The molecule has 0 unspecified atom stereocenters. The van der Waals surface area contributed by atoms with Gasteiger partial charge in [0.25, 0.3) is 17.7 Å². The zero-order chi connectivity index (χ0) is 26.0. The first kappa shape index (κ1) is 25.7. The highest BCUT2D eigenvalue weighted by Gasteiger charge is 2.25. The lowest BCUT2D eigenvalue weighted by Crippen LogP contribution is -2.30. The zero-order valence-electron chi connectivity index (χ0n) is 20.1. The van der Waals surface area contributed by atoms with Gasteiger partial charge in [-0.25, -0.2) is 0 Å². The summed E-state index contributed by atoms with van der Waals surface area (Å²) in [5.74, 6) is -0.133. The minimum absolute atomic E-state index is 0.147. The Morgan fingerprint density at radius 3 is 2.56 bits per heavy atom. The van der Waals surface area contributed by atoms with Crippen molar-refractivity contribution < 1.29 is 24.2 Å². The molecule has 2 heterocycles. The van der Waals surface area contributed by atoms with Gasteiger partial charge in [0.2, 0.25) is 0 Å². The molecule has 0 bridgehead atoms. The van der Waals surface area contributed by atoms with E-state index in [0.717, 1.165) is 16.0 Å². The predicted octanol–water partition coefficient (Wildman–Crippen LogP) is 3.70. The monoisotopic (exact) mass is 527 g/mol. The van der Waals surface area contributed by atoms with Crippen molar-refractivity contribution in [2.75, 3.05) is 45.8 Å². The van der Waals surface area contributed by atoms with Gasteiger partial charge >= 0.3 is 0 Å². The first-order valence-corrected chi connectivity index (χ1v) is 12.5. The molecule has 188 valence electrons. The molecule has 1 aliphatic rings. The van der Waals surface area contributed by atoms with E-state index >= 15 is 0 Å². The standard InChI is InChI=1S/C26H26ClN3O5S/c1-28-24(32)16-4-6-18-21(13-16)35-11-8-15-14-22(36-23(15)18)26(34)30(3)20-12-17(5-7-19(20)27)25(33)29(2)9-10-31/h4-7,12-14,31H,8-11H2,1-3H3,(H,28,32). The van der Waals surface area contributed by atoms with Crippen LogP contribution in [0.4, 0.5) is 5.69 Å². The number of nitrogens with zero attached hydrogens (tertiary/aromatic N) is 2. The van der Waals surface area contributed by atoms with E-state index in [-0.39, 0.29) is 30.9 Å². The number of thiophene rings is 1. The average molecular weight is 528 g/mol. The fourth-order valence-electron chi connectivity index (χ4n) is 3.98. The quantitative estimate of drug-likeness (QED) is 0.509. The van der Waals surface area contributed by atoms with Crippen molar-refractivity contribution in [2.24, 2.45) is 0 Å². The van der Waals surface area contributed by atoms with Crippen molar-refractivity contribution in [3.8, 4) is 16.2 Å². The smallest absolute Gasteiger partial charge is 0.268 e. The minimum Gasteiger partial charge on any atom is -0.493 e. The van der Waals surface area contributed by atoms with E-state index in [2.05, 4.69) is 5.32 Å². The zero-order valence-corrected chi connectivity index (χ0v) is 21.7. The summed E-state index contributed by atoms with van der Waals surface area (Å²) < 4.78 is 5.89. The van der Waals surface area contributed by atoms with Crippen LogP contribution in [0.3, 0.4) is 0 Å². The van der Waals surface area contributed by atoms with Gasteiger partial charge < -0.3 is 25.0 Å². The second-order valence-corrected chi connectivity index (χ2v) is 9.79. The molecule has 10 heteroatoms. The van der Waals surface area contributed by atoms with Crippen LogP contribution in [-0.2, 0) is 6.42 Å². The highest BCUT2D eigenvalue weighted by molar-refractivity contribution is 7.17. The Hall–Kier alpha value is -3.40. The number of nitrogens with one attached hydrogen (secondary N) is 1. The van der Waals surface area contributed by atoms with Gasteiger partial charge in [-0.2, -0.15) is 0 Å². The van der Waals surface area contributed by atoms with E-state index in [9.17, 15) is 14.4 Å². The van der Waals surface area contributed by atoms with Crippen molar-refractivity contribution in [1.82, 2.24) is 10.2 Å². The molecule has 0 atom stereocenters. The highest BCUT2D eigenvalue weighted by Crippen LogP contribution is 2.42. The van der Waals surface area contributed by atoms with Gasteiger partial charge in [0.1, 0.15) is 5.75 Å². The summed E-state index contributed by atoms with van der Waals surface area (Å²) >= 11 is 7.76. The van der Waals surface area contributed by atoms with Crippen molar-refractivity contribution >= 4 is 46.3 Å². The number of benzene rings is 2. The number of fused-ring (bicyclic) bond motifs is 3. The molecule has 2 N–H and O–H groups in total. The average Bonchev–Trinajstić information content (AvgIpc) is 3.23. The van der Waals surface area contributed by atoms with Crippen LogP contribution in [0.25, 0.3) is 10.4 Å². The lowest BCUT2D eigenvalue weighted by molar-refractivity contribution is 0.0766. The molecule has 2 aromatic carbocycles. The molecule has 1 aliphatic heterocycles. The summed E-state index contributed by atoms with van der Waals surface area (Å²) in [6.45, 7) is 0.474. The van der Waals surface area contributed by atoms with Crippen molar-refractivity contribution in [1.29, 1.82) is 0 Å². The van der Waals surface area contributed by atoms with Crippen molar-refractivity contribution in [3.63, 3.8) is 0 Å². The molecule has 4 rings (SSSR count). The molecule has 8 nitrogen and oxygen atoms in total. The number of anilines is 1. The topological polar surface area (TPSA) is 99.2 Å². The van der Waals surface area contributed by atoms with Crippen molar-refractivity contribution in [3.05, 3.63) is 69.1 Å². The number of likely N-dealkylation sites (N-methyl/N-ethyl adjacent to an activating group) is 1. The van der Waals surface area contributed by atoms with Gasteiger partial charge in [-0.15, -0.1) is 11.3 Å². The Balaban J connectivity index is 1.65. The maximum absolute atomic E-state index is 13.5. The second-order valence-electron chi connectivity index (χ2n) is 8.33. The number of carbonyl (C=O) groups excluding carboxylic acids is 3.